The molecular formula is C29H33N3O2. The molecule has 34 heavy (non-hydrogen) atoms. The van der Waals surface area contributed by atoms with Gasteiger partial charge in [0, 0.05) is 19.5 Å². The smallest absolute Gasteiger partial charge is 0.224 e. The Morgan fingerprint density at radius 2 is 1.76 bits per heavy atom. The molecule has 0 saturated heterocycles. The number of hydrogen-bond donors (Lipinski definition) is 1. The van der Waals surface area contributed by atoms with Crippen LogP contribution in [0.15, 0.2) is 66.7 Å². The van der Waals surface area contributed by atoms with E-state index in [0.717, 1.165) is 52.3 Å². The Morgan fingerprint density at radius 3 is 2.59 bits per heavy atom. The molecule has 5 heteroatoms. The molecule has 0 aliphatic heterocycles. The van der Waals surface area contributed by atoms with E-state index in [1.807, 2.05) is 55.5 Å². The van der Waals surface area contributed by atoms with Gasteiger partial charge in [-0.2, -0.15) is 0 Å². The summed E-state index contributed by atoms with van der Waals surface area (Å²) in [5, 5.41) is 3.06. The number of nitrogens with zero attached hydrogens (tertiary/aromatic N) is 2. The van der Waals surface area contributed by atoms with Gasteiger partial charge in [0.25, 0.3) is 0 Å². The Hall–Kier alpha value is -3.60. The topological polar surface area (TPSA) is 56.1 Å². The van der Waals surface area contributed by atoms with Crippen molar-refractivity contribution in [3.63, 3.8) is 0 Å². The zero-order valence-corrected chi connectivity index (χ0v) is 20.3. The van der Waals surface area contributed by atoms with Gasteiger partial charge in [0.15, 0.2) is 0 Å². The molecule has 0 atom stereocenters. The molecule has 4 rings (SSSR count). The van der Waals surface area contributed by atoms with Crippen LogP contribution < -0.4 is 10.1 Å². The second-order valence-corrected chi connectivity index (χ2v) is 8.84. The highest BCUT2D eigenvalue weighted by Gasteiger charge is 2.12. The fourth-order valence-electron chi connectivity index (χ4n) is 4.29. The number of aromatic nitrogens is 2. The molecule has 1 amide bonds. The van der Waals surface area contributed by atoms with Crippen molar-refractivity contribution < 1.29 is 9.53 Å². The van der Waals surface area contributed by atoms with Gasteiger partial charge in [-0.15, -0.1) is 0 Å². The molecule has 1 N–H and O–H groups in total. The van der Waals surface area contributed by atoms with Crippen molar-refractivity contribution in [2.75, 3.05) is 13.2 Å². The summed E-state index contributed by atoms with van der Waals surface area (Å²) in [5.41, 5.74) is 6.72. The van der Waals surface area contributed by atoms with Crippen LogP contribution in [0.3, 0.4) is 0 Å². The van der Waals surface area contributed by atoms with E-state index < -0.39 is 0 Å². The summed E-state index contributed by atoms with van der Waals surface area (Å²) in [6, 6.07) is 22.5. The molecule has 1 aromatic heterocycles. The SMILES string of the molecule is Cc1ccc(OCCCn2c(CCNC(=O)Cc3ccccc3C)nc3ccccc32)c(C)c1. The third-order valence-electron chi connectivity index (χ3n) is 6.13. The third-order valence-corrected chi connectivity index (χ3v) is 6.13. The number of nitrogens with one attached hydrogen (secondary N) is 1. The van der Waals surface area contributed by atoms with Crippen molar-refractivity contribution >= 4 is 16.9 Å². The van der Waals surface area contributed by atoms with Gasteiger partial charge in [0.1, 0.15) is 11.6 Å². The summed E-state index contributed by atoms with van der Waals surface area (Å²) in [6.07, 6.45) is 1.96. The van der Waals surface area contributed by atoms with Gasteiger partial charge < -0.3 is 14.6 Å². The number of para-hydroxylation sites is 2. The highest BCUT2D eigenvalue weighted by molar-refractivity contribution is 5.79. The number of carbonyl (C=O) groups is 1. The first-order valence-electron chi connectivity index (χ1n) is 12.0. The molecule has 0 fully saturated rings. The van der Waals surface area contributed by atoms with Crippen LogP contribution in [-0.4, -0.2) is 28.6 Å². The van der Waals surface area contributed by atoms with E-state index in [1.165, 1.54) is 5.56 Å². The summed E-state index contributed by atoms with van der Waals surface area (Å²) in [5.74, 6) is 1.97. The Morgan fingerprint density at radius 1 is 0.971 bits per heavy atom. The van der Waals surface area contributed by atoms with E-state index in [2.05, 4.69) is 41.9 Å². The first kappa shape index (κ1) is 23.6. The minimum atomic E-state index is 0.0406. The lowest BCUT2D eigenvalue weighted by molar-refractivity contribution is -0.120. The number of rotatable bonds is 10. The maximum absolute atomic E-state index is 12.5. The Bertz CT molecular complexity index is 1280. The van der Waals surface area contributed by atoms with Crippen molar-refractivity contribution in [1.82, 2.24) is 14.9 Å². The fourth-order valence-corrected chi connectivity index (χ4v) is 4.29. The lowest BCUT2D eigenvalue weighted by Crippen LogP contribution is -2.28. The van der Waals surface area contributed by atoms with Gasteiger partial charge in [-0.3, -0.25) is 4.79 Å². The molecule has 0 aliphatic rings. The van der Waals surface area contributed by atoms with E-state index >= 15 is 0 Å². The highest BCUT2D eigenvalue weighted by atomic mass is 16.5. The van der Waals surface area contributed by atoms with Gasteiger partial charge >= 0.3 is 0 Å². The number of hydrogen-bond acceptors (Lipinski definition) is 3. The van der Waals surface area contributed by atoms with E-state index in [0.29, 0.717) is 26.0 Å². The second kappa shape index (κ2) is 11.0. The number of imidazole rings is 1. The highest BCUT2D eigenvalue weighted by Crippen LogP contribution is 2.20. The third kappa shape index (κ3) is 5.84. The average molecular weight is 456 g/mol. The second-order valence-electron chi connectivity index (χ2n) is 8.84. The quantitative estimate of drug-likeness (QED) is 0.329. The first-order valence-corrected chi connectivity index (χ1v) is 12.0. The van der Waals surface area contributed by atoms with E-state index in [4.69, 9.17) is 9.72 Å². The van der Waals surface area contributed by atoms with Crippen LogP contribution in [0.2, 0.25) is 0 Å². The summed E-state index contributed by atoms with van der Waals surface area (Å²) in [7, 11) is 0. The minimum Gasteiger partial charge on any atom is -0.493 e. The molecule has 1 heterocycles. The minimum absolute atomic E-state index is 0.0406. The molecule has 5 nitrogen and oxygen atoms in total. The predicted molar refractivity (Wildman–Crippen MR) is 137 cm³/mol. The normalized spacial score (nSPS) is 11.0. The monoisotopic (exact) mass is 455 g/mol. The zero-order valence-electron chi connectivity index (χ0n) is 20.3. The Balaban J connectivity index is 1.35. The molecule has 0 unspecified atom stereocenters. The van der Waals surface area contributed by atoms with Crippen LogP contribution in [-0.2, 0) is 24.2 Å². The van der Waals surface area contributed by atoms with Crippen molar-refractivity contribution in [1.29, 1.82) is 0 Å². The van der Waals surface area contributed by atoms with Gasteiger partial charge in [-0.05, 0) is 62.1 Å². The van der Waals surface area contributed by atoms with Crippen molar-refractivity contribution in [3.05, 3.63) is 94.8 Å². The molecule has 0 aliphatic carbocycles. The van der Waals surface area contributed by atoms with Gasteiger partial charge in [-0.1, -0.05) is 54.1 Å². The summed E-state index contributed by atoms with van der Waals surface area (Å²) >= 11 is 0. The van der Waals surface area contributed by atoms with E-state index in [1.54, 1.807) is 0 Å². The molecule has 0 bridgehead atoms. The number of benzene rings is 3. The van der Waals surface area contributed by atoms with E-state index in [-0.39, 0.29) is 5.91 Å². The molecule has 0 radical (unpaired) electrons. The van der Waals surface area contributed by atoms with Crippen LogP contribution in [0.25, 0.3) is 11.0 Å². The first-order chi connectivity index (χ1) is 16.5. The number of aryl methyl sites for hydroxylation is 4. The number of fused-ring (bicyclic) bond motifs is 1. The van der Waals surface area contributed by atoms with Crippen molar-refractivity contribution in [3.8, 4) is 5.75 Å². The summed E-state index contributed by atoms with van der Waals surface area (Å²) < 4.78 is 8.29. The molecular weight excluding hydrogens is 422 g/mol. The van der Waals surface area contributed by atoms with E-state index in [9.17, 15) is 4.79 Å². The average Bonchev–Trinajstić information content (AvgIpc) is 3.17. The van der Waals surface area contributed by atoms with Crippen LogP contribution in [0.4, 0.5) is 0 Å². The summed E-state index contributed by atoms with van der Waals surface area (Å²) in [6.45, 7) is 8.23. The molecule has 176 valence electrons. The van der Waals surface area contributed by atoms with Gasteiger partial charge in [-0.25, -0.2) is 4.98 Å². The number of amides is 1. The largest absolute Gasteiger partial charge is 0.493 e. The van der Waals surface area contributed by atoms with Crippen LogP contribution in [0.1, 0.15) is 34.5 Å². The summed E-state index contributed by atoms with van der Waals surface area (Å²) in [4.78, 5) is 17.3. The standard InChI is InChI=1S/C29H33N3O2/c1-21-13-14-27(23(3)19-21)34-18-8-17-32-26-12-7-6-11-25(26)31-28(32)15-16-30-29(33)20-24-10-5-4-9-22(24)2/h4-7,9-14,19H,8,15-18,20H2,1-3H3,(H,30,33). The fraction of sp³-hybridized carbons (Fsp3) is 0.310. The molecule has 4 aromatic rings. The Kier molecular flexibility index (Phi) is 7.63. The van der Waals surface area contributed by atoms with Gasteiger partial charge in [0.2, 0.25) is 5.91 Å². The van der Waals surface area contributed by atoms with Gasteiger partial charge in [0.05, 0.1) is 24.1 Å². The van der Waals surface area contributed by atoms with Crippen LogP contribution in [0, 0.1) is 20.8 Å². The van der Waals surface area contributed by atoms with Crippen LogP contribution >= 0.6 is 0 Å². The Labute approximate surface area is 201 Å². The lowest BCUT2D eigenvalue weighted by Gasteiger charge is -2.12. The predicted octanol–water partition coefficient (Wildman–Crippen LogP) is 5.33. The number of carbonyl (C=O) groups excluding carboxylic acids is 1. The van der Waals surface area contributed by atoms with Crippen LogP contribution in [0.5, 0.6) is 5.75 Å². The lowest BCUT2D eigenvalue weighted by atomic mass is 10.1. The van der Waals surface area contributed by atoms with Crippen molar-refractivity contribution in [2.24, 2.45) is 0 Å². The zero-order chi connectivity index (χ0) is 23.9. The maximum atomic E-state index is 12.5. The molecule has 0 saturated carbocycles. The molecule has 0 spiro atoms. The van der Waals surface area contributed by atoms with Crippen molar-refractivity contribution in [2.45, 2.75) is 46.6 Å². The molecule has 3 aromatic carbocycles. The number of ether oxygens (including phenoxy) is 1. The maximum Gasteiger partial charge on any atom is 0.224 e.